The van der Waals surface area contributed by atoms with E-state index in [1.165, 1.54) is 24.3 Å². The predicted molar refractivity (Wildman–Crippen MR) is 77.6 cm³/mol. The van der Waals surface area contributed by atoms with Crippen molar-refractivity contribution in [1.29, 1.82) is 0 Å². The molecule has 0 saturated heterocycles. The van der Waals surface area contributed by atoms with Crippen molar-refractivity contribution in [1.82, 2.24) is 0 Å². The summed E-state index contributed by atoms with van der Waals surface area (Å²) in [6.07, 6.45) is -6.08. The zero-order valence-electron chi connectivity index (χ0n) is 11.6. The Bertz CT molecular complexity index is 806. The van der Waals surface area contributed by atoms with Gasteiger partial charge in [-0.1, -0.05) is 42.3 Å². The van der Waals surface area contributed by atoms with Crippen LogP contribution in [0.4, 0.5) is 23.7 Å². The van der Waals surface area contributed by atoms with Gasteiger partial charge in [0.2, 0.25) is 0 Å². The summed E-state index contributed by atoms with van der Waals surface area (Å²) in [4.78, 5) is 11.6. The normalized spacial score (nSPS) is 19.7. The van der Waals surface area contributed by atoms with Gasteiger partial charge in [-0.05, 0) is 24.1 Å². The Morgan fingerprint density at radius 2 is 1.65 bits per heavy atom. The Balaban J connectivity index is 2.20. The molecule has 0 bridgehead atoms. The van der Waals surface area contributed by atoms with Gasteiger partial charge in [-0.25, -0.2) is 4.79 Å². The Hall–Kier alpha value is -2.94. The van der Waals surface area contributed by atoms with Crippen LogP contribution in [-0.2, 0) is 10.3 Å². The quantitative estimate of drug-likeness (QED) is 0.744. The molecule has 3 nitrogen and oxygen atoms in total. The summed E-state index contributed by atoms with van der Waals surface area (Å²) in [5, 5.41) is 2.26. The highest BCUT2D eigenvalue weighted by atomic mass is 19.4. The third-order valence-corrected chi connectivity index (χ3v) is 3.34. The number of cyclic esters (lactones) is 1. The van der Waals surface area contributed by atoms with Crippen LogP contribution in [0.3, 0.4) is 0 Å². The maximum Gasteiger partial charge on any atom is 0.445 e. The number of nitrogens with one attached hydrogen (secondary N) is 1. The van der Waals surface area contributed by atoms with Crippen molar-refractivity contribution in [3.63, 3.8) is 0 Å². The Morgan fingerprint density at radius 1 is 1.00 bits per heavy atom. The van der Waals surface area contributed by atoms with E-state index in [0.717, 1.165) is 0 Å². The van der Waals surface area contributed by atoms with Gasteiger partial charge < -0.3 is 4.74 Å². The minimum atomic E-state index is -4.89. The van der Waals surface area contributed by atoms with E-state index < -0.39 is 17.9 Å². The summed E-state index contributed by atoms with van der Waals surface area (Å²) in [5.74, 6) is 4.57. The number of benzene rings is 2. The molecule has 0 aliphatic carbocycles. The van der Waals surface area contributed by atoms with Crippen molar-refractivity contribution < 1.29 is 22.7 Å². The molecule has 1 aliphatic heterocycles. The number of carbonyl (C=O) groups excluding carboxylic acids is 1. The van der Waals surface area contributed by atoms with E-state index in [1.54, 1.807) is 30.3 Å². The van der Waals surface area contributed by atoms with Gasteiger partial charge in [0.15, 0.2) is 0 Å². The van der Waals surface area contributed by atoms with Crippen LogP contribution in [0.1, 0.15) is 11.1 Å². The van der Waals surface area contributed by atoms with Gasteiger partial charge in [0.1, 0.15) is 0 Å². The number of anilines is 1. The van der Waals surface area contributed by atoms with E-state index in [4.69, 9.17) is 0 Å². The van der Waals surface area contributed by atoms with Gasteiger partial charge in [-0.3, -0.25) is 5.32 Å². The standard InChI is InChI=1S/C17H10F3NO2/c18-17(19,20)16(11-10-12-6-2-1-3-7-12)13-8-4-5-9-14(13)21-15(22)23-16/h1-9H,(H,21,22). The maximum atomic E-state index is 13.7. The molecule has 2 aromatic carbocycles. The van der Waals surface area contributed by atoms with E-state index in [-0.39, 0.29) is 11.3 Å². The van der Waals surface area contributed by atoms with Crippen LogP contribution < -0.4 is 5.32 Å². The number of rotatable bonds is 0. The van der Waals surface area contributed by atoms with Crippen molar-refractivity contribution in [2.45, 2.75) is 11.8 Å². The van der Waals surface area contributed by atoms with Gasteiger partial charge in [0, 0.05) is 11.1 Å². The molecule has 6 heteroatoms. The molecule has 0 saturated carbocycles. The summed E-state index contributed by atoms with van der Waals surface area (Å²) in [6, 6.07) is 13.8. The molecule has 1 unspecified atom stereocenters. The summed E-state index contributed by atoms with van der Waals surface area (Å²) in [7, 11) is 0. The molecule has 1 N–H and O–H groups in total. The van der Waals surface area contributed by atoms with Crippen molar-refractivity contribution in [3.8, 4) is 11.8 Å². The highest BCUT2D eigenvalue weighted by Gasteiger charge is 2.61. The topological polar surface area (TPSA) is 38.3 Å². The van der Waals surface area contributed by atoms with Crippen LogP contribution in [0.15, 0.2) is 54.6 Å². The lowest BCUT2D eigenvalue weighted by Crippen LogP contribution is -2.49. The Kier molecular flexibility index (Phi) is 3.49. The van der Waals surface area contributed by atoms with Gasteiger partial charge in [-0.2, -0.15) is 13.2 Å². The zero-order valence-corrected chi connectivity index (χ0v) is 11.6. The van der Waals surface area contributed by atoms with Crippen molar-refractivity contribution in [3.05, 3.63) is 65.7 Å². The van der Waals surface area contributed by atoms with Gasteiger partial charge in [-0.15, -0.1) is 0 Å². The molecule has 1 aliphatic rings. The number of alkyl halides is 3. The number of fused-ring (bicyclic) bond motifs is 1. The monoisotopic (exact) mass is 317 g/mol. The van der Waals surface area contributed by atoms with Gasteiger partial charge in [0.05, 0.1) is 5.69 Å². The average Bonchev–Trinajstić information content (AvgIpc) is 2.52. The van der Waals surface area contributed by atoms with E-state index in [2.05, 4.69) is 21.9 Å². The molecular formula is C17H10F3NO2. The minimum absolute atomic E-state index is 0.0310. The third-order valence-electron chi connectivity index (χ3n) is 3.34. The average molecular weight is 317 g/mol. The summed E-state index contributed by atoms with van der Waals surface area (Å²) in [5.41, 5.74) is -2.82. The van der Waals surface area contributed by atoms with Crippen molar-refractivity contribution in [2.75, 3.05) is 5.32 Å². The van der Waals surface area contributed by atoms with Crippen LogP contribution >= 0.6 is 0 Å². The van der Waals surface area contributed by atoms with Crippen LogP contribution in [0.2, 0.25) is 0 Å². The summed E-state index contributed by atoms with van der Waals surface area (Å²) in [6.45, 7) is 0. The fourth-order valence-electron chi connectivity index (χ4n) is 2.28. The molecule has 116 valence electrons. The molecular weight excluding hydrogens is 307 g/mol. The first-order valence-corrected chi connectivity index (χ1v) is 6.67. The molecule has 0 radical (unpaired) electrons. The molecule has 1 amide bonds. The number of ether oxygens (including phenoxy) is 1. The first-order valence-electron chi connectivity index (χ1n) is 6.67. The van der Waals surface area contributed by atoms with Crippen LogP contribution in [-0.4, -0.2) is 12.3 Å². The highest BCUT2D eigenvalue weighted by Crippen LogP contribution is 2.47. The van der Waals surface area contributed by atoms with E-state index >= 15 is 0 Å². The smallest absolute Gasteiger partial charge is 0.415 e. The fraction of sp³-hybridized carbons (Fsp3) is 0.118. The highest BCUT2D eigenvalue weighted by molar-refractivity contribution is 5.89. The number of hydrogen-bond donors (Lipinski definition) is 1. The summed E-state index contributed by atoms with van der Waals surface area (Å²) < 4.78 is 45.9. The first kappa shape index (κ1) is 15.0. The lowest BCUT2D eigenvalue weighted by Gasteiger charge is -2.35. The molecule has 23 heavy (non-hydrogen) atoms. The zero-order chi connectivity index (χ0) is 16.5. The number of para-hydroxylation sites is 1. The number of hydrogen-bond acceptors (Lipinski definition) is 2. The van der Waals surface area contributed by atoms with E-state index in [1.807, 2.05) is 0 Å². The number of carbonyl (C=O) groups is 1. The van der Waals surface area contributed by atoms with Gasteiger partial charge >= 0.3 is 12.3 Å². The Morgan fingerprint density at radius 3 is 2.35 bits per heavy atom. The number of amides is 1. The minimum Gasteiger partial charge on any atom is -0.415 e. The first-order chi connectivity index (χ1) is 10.9. The molecule has 0 fully saturated rings. The van der Waals surface area contributed by atoms with E-state index in [9.17, 15) is 18.0 Å². The second-order valence-corrected chi connectivity index (χ2v) is 4.86. The van der Waals surface area contributed by atoms with Crippen LogP contribution in [0.25, 0.3) is 0 Å². The molecule has 1 heterocycles. The second kappa shape index (κ2) is 5.36. The van der Waals surface area contributed by atoms with E-state index in [0.29, 0.717) is 5.56 Å². The molecule has 1 atom stereocenters. The summed E-state index contributed by atoms with van der Waals surface area (Å²) >= 11 is 0. The largest absolute Gasteiger partial charge is 0.445 e. The Labute approximate surface area is 130 Å². The van der Waals surface area contributed by atoms with Crippen LogP contribution in [0.5, 0.6) is 0 Å². The lowest BCUT2D eigenvalue weighted by molar-refractivity contribution is -0.239. The van der Waals surface area contributed by atoms with Crippen LogP contribution in [0, 0.1) is 11.8 Å². The second-order valence-electron chi connectivity index (χ2n) is 4.86. The van der Waals surface area contributed by atoms with Crippen molar-refractivity contribution in [2.24, 2.45) is 0 Å². The maximum absolute atomic E-state index is 13.7. The SMILES string of the molecule is O=C1Nc2ccccc2C(C#Cc2ccccc2)(C(F)(F)F)O1. The predicted octanol–water partition coefficient (Wildman–Crippen LogP) is 4.06. The third kappa shape index (κ3) is 2.61. The fourth-order valence-corrected chi connectivity index (χ4v) is 2.28. The lowest BCUT2D eigenvalue weighted by atomic mass is 9.90. The van der Waals surface area contributed by atoms with Gasteiger partial charge in [0.25, 0.3) is 5.60 Å². The molecule has 0 spiro atoms. The van der Waals surface area contributed by atoms with Crippen molar-refractivity contribution >= 4 is 11.8 Å². The molecule has 0 aromatic heterocycles. The molecule has 2 aromatic rings. The number of halogens is 3. The molecule has 3 rings (SSSR count).